The average Bonchev–Trinajstić information content (AvgIpc) is 2.64. The number of hydrogen-bond acceptors (Lipinski definition) is 4. The molecule has 2 N–H and O–H groups in total. The lowest BCUT2D eigenvalue weighted by atomic mass is 9.98. The first-order chi connectivity index (χ1) is 13.5. The number of rotatable bonds is 3. The van der Waals surface area contributed by atoms with E-state index in [1.165, 1.54) is 51.0 Å². The van der Waals surface area contributed by atoms with Crippen molar-refractivity contribution in [3.05, 3.63) is 18.2 Å². The first-order valence-corrected chi connectivity index (χ1v) is 12.1. The zero-order chi connectivity index (χ0) is 20.0. The summed E-state index contributed by atoms with van der Waals surface area (Å²) in [6.45, 7) is 1.66. The lowest BCUT2D eigenvalue weighted by molar-refractivity contribution is -0.122. The van der Waals surface area contributed by atoms with Crippen molar-refractivity contribution in [2.45, 2.75) is 94.6 Å². The molecule has 1 heterocycles. The molecule has 1 aromatic rings. The van der Waals surface area contributed by atoms with Gasteiger partial charge in [-0.05, 0) is 38.0 Å². The minimum atomic E-state index is -3.65. The van der Waals surface area contributed by atoms with Crippen molar-refractivity contribution < 1.29 is 17.9 Å². The van der Waals surface area contributed by atoms with Gasteiger partial charge in [0.05, 0.1) is 10.6 Å². The smallest absolute Gasteiger partial charge is 0.265 e. The highest BCUT2D eigenvalue weighted by molar-refractivity contribution is 7.89. The molecule has 1 unspecified atom stereocenters. The fraction of sp³-hybridized carbons (Fsp3) is 0.667. The predicted molar refractivity (Wildman–Crippen MR) is 110 cm³/mol. The molecule has 1 atom stereocenters. The van der Waals surface area contributed by atoms with Crippen LogP contribution in [-0.2, 0) is 14.8 Å². The molecule has 0 bridgehead atoms. The van der Waals surface area contributed by atoms with E-state index in [0.29, 0.717) is 11.4 Å². The molecule has 3 rings (SSSR count). The topological polar surface area (TPSA) is 84.5 Å². The van der Waals surface area contributed by atoms with E-state index in [9.17, 15) is 13.2 Å². The number of nitrogens with one attached hydrogen (secondary N) is 2. The third-order valence-electron chi connectivity index (χ3n) is 5.62. The van der Waals surface area contributed by atoms with Crippen LogP contribution >= 0.6 is 0 Å². The highest BCUT2D eigenvalue weighted by Crippen LogP contribution is 2.32. The molecule has 2 aliphatic rings. The van der Waals surface area contributed by atoms with Crippen LogP contribution in [-0.4, -0.2) is 26.5 Å². The van der Waals surface area contributed by atoms with E-state index in [1.54, 1.807) is 19.1 Å². The molecule has 1 aliphatic heterocycles. The standard InChI is InChI=1S/C21H32N2O4S/c1-16-21(24)22-19-15-18(13-14-20(19)27-16)28(25,26)23-17-11-9-7-5-3-2-4-6-8-10-12-17/h13-17,23H,2-12H2,1H3,(H,22,24). The van der Waals surface area contributed by atoms with Gasteiger partial charge in [-0.1, -0.05) is 57.8 Å². The van der Waals surface area contributed by atoms with E-state index in [-0.39, 0.29) is 16.8 Å². The maximum absolute atomic E-state index is 12.9. The van der Waals surface area contributed by atoms with Gasteiger partial charge in [0.25, 0.3) is 5.91 Å². The summed E-state index contributed by atoms with van der Waals surface area (Å²) in [6, 6.07) is 4.60. The Labute approximate surface area is 168 Å². The van der Waals surface area contributed by atoms with Gasteiger partial charge in [-0.3, -0.25) is 4.79 Å². The maximum Gasteiger partial charge on any atom is 0.265 e. The van der Waals surface area contributed by atoms with Crippen LogP contribution in [0.5, 0.6) is 5.75 Å². The zero-order valence-electron chi connectivity index (χ0n) is 16.7. The van der Waals surface area contributed by atoms with Gasteiger partial charge in [0.1, 0.15) is 5.75 Å². The summed E-state index contributed by atoms with van der Waals surface area (Å²) >= 11 is 0. The molecule has 0 radical (unpaired) electrons. The zero-order valence-corrected chi connectivity index (χ0v) is 17.5. The van der Waals surface area contributed by atoms with Crippen molar-refractivity contribution in [2.75, 3.05) is 5.32 Å². The molecule has 1 amide bonds. The van der Waals surface area contributed by atoms with Crippen LogP contribution in [0.15, 0.2) is 23.1 Å². The molecule has 0 spiro atoms. The first kappa shape index (κ1) is 21.1. The number of benzene rings is 1. The quantitative estimate of drug-likeness (QED) is 0.778. The van der Waals surface area contributed by atoms with Crippen LogP contribution in [0.3, 0.4) is 0 Å². The number of sulfonamides is 1. The van der Waals surface area contributed by atoms with Crippen molar-refractivity contribution in [3.8, 4) is 5.75 Å². The van der Waals surface area contributed by atoms with Gasteiger partial charge in [0.2, 0.25) is 10.0 Å². The van der Waals surface area contributed by atoms with Crippen molar-refractivity contribution in [3.63, 3.8) is 0 Å². The lowest BCUT2D eigenvalue weighted by Gasteiger charge is -2.24. The SMILES string of the molecule is CC1Oc2ccc(S(=O)(=O)NC3CCCCCCCCCCC3)cc2NC1=O. The van der Waals surface area contributed by atoms with E-state index < -0.39 is 16.1 Å². The lowest BCUT2D eigenvalue weighted by Crippen LogP contribution is -2.36. The van der Waals surface area contributed by atoms with Gasteiger partial charge >= 0.3 is 0 Å². The second kappa shape index (κ2) is 9.74. The van der Waals surface area contributed by atoms with Crippen LogP contribution in [0, 0.1) is 0 Å². The van der Waals surface area contributed by atoms with E-state index >= 15 is 0 Å². The Kier molecular flexibility index (Phi) is 7.35. The fourth-order valence-electron chi connectivity index (χ4n) is 3.92. The molecule has 1 aromatic carbocycles. The molecule has 7 heteroatoms. The van der Waals surface area contributed by atoms with E-state index in [4.69, 9.17) is 4.74 Å². The number of fused-ring (bicyclic) bond motifs is 1. The van der Waals surface area contributed by atoms with Gasteiger partial charge in [-0.2, -0.15) is 0 Å². The summed E-state index contributed by atoms with van der Waals surface area (Å²) in [5, 5.41) is 2.72. The molecule has 156 valence electrons. The third-order valence-corrected chi connectivity index (χ3v) is 7.14. The molecular weight excluding hydrogens is 376 g/mol. The number of amides is 1. The molecule has 0 aromatic heterocycles. The normalized spacial score (nSPS) is 22.9. The van der Waals surface area contributed by atoms with Crippen molar-refractivity contribution in [2.24, 2.45) is 0 Å². The van der Waals surface area contributed by atoms with Crippen molar-refractivity contribution >= 4 is 21.6 Å². The van der Waals surface area contributed by atoms with Gasteiger partial charge in [0.15, 0.2) is 6.10 Å². The van der Waals surface area contributed by atoms with Gasteiger partial charge < -0.3 is 10.1 Å². The fourth-order valence-corrected chi connectivity index (χ4v) is 5.25. The van der Waals surface area contributed by atoms with Gasteiger partial charge in [-0.15, -0.1) is 0 Å². The van der Waals surface area contributed by atoms with Crippen LogP contribution in [0.2, 0.25) is 0 Å². The number of hydrogen-bond donors (Lipinski definition) is 2. The van der Waals surface area contributed by atoms with Crippen molar-refractivity contribution in [1.29, 1.82) is 0 Å². The Morgan fingerprint density at radius 3 is 2.14 bits per heavy atom. The van der Waals surface area contributed by atoms with Gasteiger partial charge in [-0.25, -0.2) is 13.1 Å². The average molecular weight is 409 g/mol. The van der Waals surface area contributed by atoms with Gasteiger partial charge in [0, 0.05) is 6.04 Å². The Bertz CT molecular complexity index is 767. The molecule has 0 saturated heterocycles. The van der Waals surface area contributed by atoms with E-state index in [2.05, 4.69) is 10.0 Å². The highest BCUT2D eigenvalue weighted by Gasteiger charge is 2.26. The number of ether oxygens (including phenoxy) is 1. The highest BCUT2D eigenvalue weighted by atomic mass is 32.2. The molecule has 28 heavy (non-hydrogen) atoms. The molecule has 6 nitrogen and oxygen atoms in total. The second-order valence-corrected chi connectivity index (χ2v) is 9.70. The monoisotopic (exact) mass is 408 g/mol. The predicted octanol–water partition coefficient (Wildman–Crippen LogP) is 4.36. The number of carbonyl (C=O) groups is 1. The summed E-state index contributed by atoms with van der Waals surface area (Å²) in [5.41, 5.74) is 0.407. The minimum absolute atomic E-state index is 0.0358. The summed E-state index contributed by atoms with van der Waals surface area (Å²) in [4.78, 5) is 12.0. The Morgan fingerprint density at radius 1 is 0.964 bits per heavy atom. The summed E-state index contributed by atoms with van der Waals surface area (Å²) in [7, 11) is -3.65. The first-order valence-electron chi connectivity index (χ1n) is 10.6. The van der Waals surface area contributed by atoms with Crippen LogP contribution in [0.1, 0.15) is 77.6 Å². The summed E-state index contributed by atoms with van der Waals surface area (Å²) in [6.07, 6.45) is 12.0. The largest absolute Gasteiger partial charge is 0.479 e. The molecule has 1 fully saturated rings. The Morgan fingerprint density at radius 2 is 1.54 bits per heavy atom. The Balaban J connectivity index is 1.69. The van der Waals surface area contributed by atoms with Crippen LogP contribution < -0.4 is 14.8 Å². The Hall–Kier alpha value is -1.60. The molecular formula is C21H32N2O4S. The summed E-state index contributed by atoms with van der Waals surface area (Å²) in [5.74, 6) is 0.228. The van der Waals surface area contributed by atoms with Crippen LogP contribution in [0.4, 0.5) is 5.69 Å². The number of carbonyl (C=O) groups excluding carboxylic acids is 1. The van der Waals surface area contributed by atoms with E-state index in [0.717, 1.165) is 25.7 Å². The second-order valence-electron chi connectivity index (χ2n) is 7.98. The maximum atomic E-state index is 12.9. The molecule has 1 aliphatic carbocycles. The van der Waals surface area contributed by atoms with Crippen LogP contribution in [0.25, 0.3) is 0 Å². The molecule has 1 saturated carbocycles. The minimum Gasteiger partial charge on any atom is -0.479 e. The van der Waals surface area contributed by atoms with E-state index in [1.807, 2.05) is 0 Å². The van der Waals surface area contributed by atoms with Crippen molar-refractivity contribution in [1.82, 2.24) is 4.72 Å². The number of anilines is 1. The summed E-state index contributed by atoms with van der Waals surface area (Å²) < 4.78 is 34.3. The third kappa shape index (κ3) is 5.70.